The predicted molar refractivity (Wildman–Crippen MR) is 84.1 cm³/mol. The van der Waals surface area contributed by atoms with Crippen molar-refractivity contribution < 1.29 is 23.6 Å². The van der Waals surface area contributed by atoms with E-state index < -0.39 is 36.0 Å². The van der Waals surface area contributed by atoms with Crippen LogP contribution in [-0.2, 0) is 14.4 Å². The number of nitrogens with one attached hydrogen (secondary N) is 2. The molecule has 0 aromatic heterocycles. The molecule has 1 aliphatic heterocycles. The lowest BCUT2D eigenvalue weighted by Gasteiger charge is -2.14. The van der Waals surface area contributed by atoms with Gasteiger partial charge in [0, 0.05) is 0 Å². The highest BCUT2D eigenvalue weighted by Gasteiger charge is 2.47. The summed E-state index contributed by atoms with van der Waals surface area (Å²) in [5.74, 6) is -3.89. The fourth-order valence-corrected chi connectivity index (χ4v) is 3.05. The van der Waals surface area contributed by atoms with E-state index in [-0.39, 0.29) is 17.4 Å². The summed E-state index contributed by atoms with van der Waals surface area (Å²) in [6, 6.07) is 5.30. The van der Waals surface area contributed by atoms with E-state index in [2.05, 4.69) is 10.9 Å². The molecule has 25 heavy (non-hydrogen) atoms. The van der Waals surface area contributed by atoms with Crippen LogP contribution >= 0.6 is 0 Å². The number of likely N-dealkylation sites (tertiary alicyclic amines) is 1. The van der Waals surface area contributed by atoms with Gasteiger partial charge in [0.25, 0.3) is 11.8 Å². The Morgan fingerprint density at radius 1 is 1.04 bits per heavy atom. The van der Waals surface area contributed by atoms with Gasteiger partial charge in [-0.3, -0.25) is 34.9 Å². The quantitative estimate of drug-likeness (QED) is 0.475. The number of fused-ring (bicyclic) bond motifs is 1. The van der Waals surface area contributed by atoms with Crippen LogP contribution in [-0.4, -0.2) is 35.1 Å². The zero-order valence-electron chi connectivity index (χ0n) is 13.2. The molecule has 1 fully saturated rings. The summed E-state index contributed by atoms with van der Waals surface area (Å²) in [6.07, 6.45) is 4.67. The first-order valence-corrected chi connectivity index (χ1v) is 7.83. The molecule has 0 spiro atoms. The summed E-state index contributed by atoms with van der Waals surface area (Å²) in [4.78, 5) is 49.2. The van der Waals surface area contributed by atoms with Crippen LogP contribution in [0.5, 0.6) is 0 Å². The van der Waals surface area contributed by atoms with Gasteiger partial charge in [0.2, 0.25) is 11.8 Å². The lowest BCUT2D eigenvalue weighted by atomic mass is 9.85. The van der Waals surface area contributed by atoms with E-state index >= 15 is 0 Å². The van der Waals surface area contributed by atoms with Gasteiger partial charge >= 0.3 is 0 Å². The van der Waals surface area contributed by atoms with Crippen LogP contribution in [0.1, 0.15) is 23.2 Å². The van der Waals surface area contributed by atoms with Crippen LogP contribution in [0.15, 0.2) is 36.4 Å². The highest BCUT2D eigenvalue weighted by atomic mass is 19.1. The Bertz CT molecular complexity index is 751. The van der Waals surface area contributed by atoms with Crippen molar-refractivity contribution in [3.63, 3.8) is 0 Å². The lowest BCUT2D eigenvalue weighted by molar-refractivity contribution is -0.143. The largest absolute Gasteiger partial charge is 0.274 e. The Labute approximate surface area is 142 Å². The molecule has 0 unspecified atom stereocenters. The first kappa shape index (κ1) is 16.8. The van der Waals surface area contributed by atoms with Gasteiger partial charge in [-0.1, -0.05) is 24.3 Å². The molecule has 4 amide bonds. The number of imide groups is 1. The fraction of sp³-hybridized carbons (Fsp3) is 0.294. The first-order chi connectivity index (χ1) is 12.0. The van der Waals surface area contributed by atoms with Crippen LogP contribution in [0, 0.1) is 17.7 Å². The number of hydrazine groups is 1. The molecule has 2 aliphatic rings. The van der Waals surface area contributed by atoms with Crippen LogP contribution in [0.4, 0.5) is 4.39 Å². The molecule has 0 saturated carbocycles. The number of benzene rings is 1. The van der Waals surface area contributed by atoms with E-state index in [0.29, 0.717) is 12.8 Å². The normalized spacial score (nSPS) is 21.9. The van der Waals surface area contributed by atoms with Crippen molar-refractivity contribution in [2.75, 3.05) is 6.54 Å². The van der Waals surface area contributed by atoms with Gasteiger partial charge in [-0.15, -0.1) is 0 Å². The Kier molecular flexibility index (Phi) is 4.60. The number of halogens is 1. The number of carbonyl (C=O) groups excluding carboxylic acids is 4. The molecule has 8 heteroatoms. The first-order valence-electron chi connectivity index (χ1n) is 7.83. The topological polar surface area (TPSA) is 95.6 Å². The van der Waals surface area contributed by atoms with E-state index in [0.717, 1.165) is 11.0 Å². The number of nitrogens with zero attached hydrogens (tertiary/aromatic N) is 1. The van der Waals surface area contributed by atoms with Gasteiger partial charge in [0.1, 0.15) is 12.4 Å². The molecular weight excluding hydrogens is 329 g/mol. The minimum absolute atomic E-state index is 0.229. The van der Waals surface area contributed by atoms with Crippen molar-refractivity contribution in [3.8, 4) is 0 Å². The van der Waals surface area contributed by atoms with E-state index in [1.807, 2.05) is 12.2 Å². The average molecular weight is 345 g/mol. The van der Waals surface area contributed by atoms with Crippen molar-refractivity contribution in [1.82, 2.24) is 15.8 Å². The maximum absolute atomic E-state index is 13.5. The second-order valence-corrected chi connectivity index (χ2v) is 5.90. The Morgan fingerprint density at radius 2 is 1.64 bits per heavy atom. The Hall–Kier alpha value is -3.03. The summed E-state index contributed by atoms with van der Waals surface area (Å²) >= 11 is 0. The fourth-order valence-electron chi connectivity index (χ4n) is 3.05. The molecular formula is C17H16FN3O4. The van der Waals surface area contributed by atoms with Crippen LogP contribution in [0.3, 0.4) is 0 Å². The summed E-state index contributed by atoms with van der Waals surface area (Å²) in [7, 11) is 0. The van der Waals surface area contributed by atoms with Crippen molar-refractivity contribution in [2.45, 2.75) is 12.8 Å². The van der Waals surface area contributed by atoms with E-state index in [9.17, 15) is 23.6 Å². The van der Waals surface area contributed by atoms with E-state index in [1.165, 1.54) is 18.2 Å². The standard InChI is InChI=1S/C17H16FN3O4/c18-13-8-4-3-7-12(13)15(23)20-19-14(22)9-21-16(24)10-5-1-2-6-11(10)17(21)25/h1-4,7-8,10-11H,5-6,9H2,(H,19,22)(H,20,23)/t10-,11-/m1/s1. The number of hydrogen-bond donors (Lipinski definition) is 2. The van der Waals surface area contributed by atoms with Gasteiger partial charge < -0.3 is 0 Å². The second-order valence-electron chi connectivity index (χ2n) is 5.90. The monoisotopic (exact) mass is 345 g/mol. The number of rotatable bonds is 3. The van der Waals surface area contributed by atoms with Crippen LogP contribution in [0.25, 0.3) is 0 Å². The summed E-state index contributed by atoms with van der Waals surface area (Å²) in [6.45, 7) is -0.484. The van der Waals surface area contributed by atoms with Crippen molar-refractivity contribution in [1.29, 1.82) is 0 Å². The highest BCUT2D eigenvalue weighted by molar-refractivity contribution is 6.07. The zero-order valence-corrected chi connectivity index (χ0v) is 13.2. The minimum Gasteiger partial charge on any atom is -0.274 e. The molecule has 0 radical (unpaired) electrons. The molecule has 1 saturated heterocycles. The maximum Gasteiger partial charge on any atom is 0.272 e. The van der Waals surface area contributed by atoms with Gasteiger partial charge in [-0.05, 0) is 25.0 Å². The Balaban J connectivity index is 1.56. The number of allylic oxidation sites excluding steroid dienone is 2. The Morgan fingerprint density at radius 3 is 2.24 bits per heavy atom. The van der Waals surface area contributed by atoms with Gasteiger partial charge in [0.05, 0.1) is 17.4 Å². The van der Waals surface area contributed by atoms with Crippen LogP contribution in [0.2, 0.25) is 0 Å². The molecule has 1 aromatic carbocycles. The third kappa shape index (κ3) is 3.28. The second kappa shape index (κ2) is 6.84. The summed E-state index contributed by atoms with van der Waals surface area (Å²) in [5.41, 5.74) is 3.93. The van der Waals surface area contributed by atoms with Crippen molar-refractivity contribution in [3.05, 3.63) is 47.8 Å². The number of amides is 4. The number of carbonyl (C=O) groups is 4. The van der Waals surface area contributed by atoms with Gasteiger partial charge in [-0.2, -0.15) is 0 Å². The van der Waals surface area contributed by atoms with E-state index in [1.54, 1.807) is 0 Å². The highest BCUT2D eigenvalue weighted by Crippen LogP contribution is 2.34. The maximum atomic E-state index is 13.5. The predicted octanol–water partition coefficient (Wildman–Crippen LogP) is 0.538. The lowest BCUT2D eigenvalue weighted by Crippen LogP contribution is -2.48. The molecule has 0 bridgehead atoms. The average Bonchev–Trinajstić information content (AvgIpc) is 2.85. The zero-order chi connectivity index (χ0) is 18.0. The van der Waals surface area contributed by atoms with Gasteiger partial charge in [-0.25, -0.2) is 4.39 Å². The minimum atomic E-state index is -0.830. The molecule has 7 nitrogen and oxygen atoms in total. The van der Waals surface area contributed by atoms with E-state index in [4.69, 9.17) is 0 Å². The van der Waals surface area contributed by atoms with Crippen LogP contribution < -0.4 is 10.9 Å². The molecule has 1 aromatic rings. The third-order valence-electron chi connectivity index (χ3n) is 4.33. The van der Waals surface area contributed by atoms with Gasteiger partial charge in [0.15, 0.2) is 0 Å². The molecule has 3 rings (SSSR count). The smallest absolute Gasteiger partial charge is 0.272 e. The molecule has 130 valence electrons. The molecule has 2 atom stereocenters. The number of hydrogen-bond acceptors (Lipinski definition) is 4. The molecule has 2 N–H and O–H groups in total. The van der Waals surface area contributed by atoms with Crippen molar-refractivity contribution >= 4 is 23.6 Å². The molecule has 1 aliphatic carbocycles. The third-order valence-corrected chi connectivity index (χ3v) is 4.33. The SMILES string of the molecule is O=C(CN1C(=O)[C@@H]2CC=CC[C@H]2C1=O)NNC(=O)c1ccccc1F. The summed E-state index contributed by atoms with van der Waals surface area (Å²) < 4.78 is 13.5. The summed E-state index contributed by atoms with van der Waals surface area (Å²) in [5, 5.41) is 0. The molecule has 1 heterocycles. The van der Waals surface area contributed by atoms with Crippen molar-refractivity contribution in [2.24, 2.45) is 11.8 Å².